The van der Waals surface area contributed by atoms with Gasteiger partial charge in [0.2, 0.25) is 17.7 Å². The van der Waals surface area contributed by atoms with Crippen molar-refractivity contribution in [3.63, 3.8) is 0 Å². The molecule has 0 aromatic rings. The van der Waals surface area contributed by atoms with E-state index in [9.17, 15) is 24.0 Å². The van der Waals surface area contributed by atoms with E-state index in [0.29, 0.717) is 84.0 Å². The van der Waals surface area contributed by atoms with Crippen LogP contribution >= 0.6 is 0 Å². The highest BCUT2D eigenvalue weighted by Gasteiger charge is 2.20. The molecule has 14 nitrogen and oxygen atoms in total. The number of carbonyl (C=O) groups is 5. The van der Waals surface area contributed by atoms with Crippen LogP contribution in [0.25, 0.3) is 0 Å². The van der Waals surface area contributed by atoms with E-state index in [-0.39, 0.29) is 59.5 Å². The molecule has 2 atom stereocenters. The van der Waals surface area contributed by atoms with Crippen LogP contribution in [0.4, 0.5) is 0 Å². The van der Waals surface area contributed by atoms with Gasteiger partial charge >= 0.3 is 0 Å². The zero-order valence-corrected chi connectivity index (χ0v) is 29.1. The van der Waals surface area contributed by atoms with Crippen molar-refractivity contribution in [2.75, 3.05) is 26.2 Å². The number of ketones is 2. The molecule has 0 radical (unpaired) electrons. The lowest BCUT2D eigenvalue weighted by molar-refractivity contribution is -0.129. The molecule has 0 aliphatic rings. The molecule has 0 bridgehead atoms. The quantitative estimate of drug-likeness (QED) is 0.0350. The van der Waals surface area contributed by atoms with Crippen LogP contribution in [0, 0.1) is 11.8 Å². The lowest BCUT2D eigenvalue weighted by atomic mass is 9.99. The van der Waals surface area contributed by atoms with Crippen LogP contribution in [0.1, 0.15) is 124 Å². The molecular weight excluding hydrogens is 602 g/mol. The van der Waals surface area contributed by atoms with Gasteiger partial charge in [0.1, 0.15) is 17.6 Å². The highest BCUT2D eigenvalue weighted by molar-refractivity contribution is 5.87. The first kappa shape index (κ1) is 43.3. The Hall–Kier alpha value is -3.71. The number of rotatable bonds is 29. The molecule has 14 heteroatoms. The summed E-state index contributed by atoms with van der Waals surface area (Å²) in [5.41, 5.74) is 21.5. The third kappa shape index (κ3) is 25.1. The van der Waals surface area contributed by atoms with Gasteiger partial charge in [-0.25, -0.2) is 0 Å². The van der Waals surface area contributed by atoms with Gasteiger partial charge in [-0.2, -0.15) is 0 Å². The number of aliphatic imine (C=N–C) groups is 2. The van der Waals surface area contributed by atoms with Crippen molar-refractivity contribution in [1.29, 1.82) is 0 Å². The van der Waals surface area contributed by atoms with Crippen molar-refractivity contribution < 1.29 is 24.0 Å². The molecule has 47 heavy (non-hydrogen) atoms. The van der Waals surface area contributed by atoms with Gasteiger partial charge < -0.3 is 38.9 Å². The number of Topliss-reactive ketones (excluding diaryl/α,β-unsaturated/α-hetero) is 2. The van der Waals surface area contributed by atoms with Crippen LogP contribution in [-0.2, 0) is 24.0 Å². The second-order valence-electron chi connectivity index (χ2n) is 12.3. The van der Waals surface area contributed by atoms with E-state index in [0.717, 1.165) is 38.5 Å². The molecule has 0 rings (SSSR count). The Balaban J connectivity index is 4.42. The zero-order chi connectivity index (χ0) is 35.5. The molecule has 0 heterocycles. The number of nitrogens with one attached hydrogen (secondary N) is 3. The second-order valence-corrected chi connectivity index (χ2v) is 12.3. The maximum atomic E-state index is 12.9. The van der Waals surface area contributed by atoms with Gasteiger partial charge in [-0.1, -0.05) is 33.6 Å². The Kier molecular flexibility index (Phi) is 25.2. The fraction of sp³-hybridized carbons (Fsp3) is 0.788. The molecule has 0 aliphatic heterocycles. The summed E-state index contributed by atoms with van der Waals surface area (Å²) in [4.78, 5) is 69.7. The van der Waals surface area contributed by atoms with Crippen molar-refractivity contribution in [3.8, 4) is 0 Å². The summed E-state index contributed by atoms with van der Waals surface area (Å²) in [6.07, 6.45) is 9.68. The number of amides is 3. The summed E-state index contributed by atoms with van der Waals surface area (Å²) in [5.74, 6) is -0.164. The van der Waals surface area contributed by atoms with Gasteiger partial charge in [-0.3, -0.25) is 34.0 Å². The van der Waals surface area contributed by atoms with Crippen molar-refractivity contribution in [2.24, 2.45) is 44.8 Å². The summed E-state index contributed by atoms with van der Waals surface area (Å²) in [5, 5.41) is 8.71. The molecule has 0 aliphatic carbocycles. The normalized spacial score (nSPS) is 12.1. The van der Waals surface area contributed by atoms with E-state index < -0.39 is 6.04 Å². The molecular formula is C33H63N9O5. The summed E-state index contributed by atoms with van der Waals surface area (Å²) in [6.45, 7) is 7.54. The first-order valence-corrected chi connectivity index (χ1v) is 17.4. The Bertz CT molecular complexity index is 993. The number of nitrogens with zero attached hydrogens (tertiary/aromatic N) is 2. The average Bonchev–Trinajstić information content (AvgIpc) is 3.01. The third-order valence-electron chi connectivity index (χ3n) is 7.80. The van der Waals surface area contributed by atoms with E-state index in [4.69, 9.17) is 22.9 Å². The van der Waals surface area contributed by atoms with Gasteiger partial charge in [-0.05, 0) is 64.2 Å². The predicted octanol–water partition coefficient (Wildman–Crippen LogP) is 1.92. The fourth-order valence-corrected chi connectivity index (χ4v) is 4.88. The van der Waals surface area contributed by atoms with Crippen LogP contribution < -0.4 is 38.9 Å². The second kappa shape index (κ2) is 27.4. The number of hydrogen-bond donors (Lipinski definition) is 7. The Labute approximate surface area is 281 Å². The van der Waals surface area contributed by atoms with Gasteiger partial charge in [-0.15, -0.1) is 0 Å². The minimum absolute atomic E-state index is 0.00330. The minimum Gasteiger partial charge on any atom is -0.370 e. The van der Waals surface area contributed by atoms with Gasteiger partial charge in [0.15, 0.2) is 11.9 Å². The Morgan fingerprint density at radius 1 is 0.617 bits per heavy atom. The van der Waals surface area contributed by atoms with Gasteiger partial charge in [0.05, 0.1) is 0 Å². The van der Waals surface area contributed by atoms with Crippen LogP contribution in [-0.4, -0.2) is 73.4 Å². The van der Waals surface area contributed by atoms with E-state index >= 15 is 0 Å². The van der Waals surface area contributed by atoms with Crippen LogP contribution in [0.5, 0.6) is 0 Å². The number of carbonyl (C=O) groups excluding carboxylic acids is 5. The summed E-state index contributed by atoms with van der Waals surface area (Å²) in [6, 6.07) is -0.705. The number of guanidine groups is 2. The predicted molar refractivity (Wildman–Crippen MR) is 187 cm³/mol. The molecule has 270 valence electrons. The zero-order valence-electron chi connectivity index (χ0n) is 29.1. The monoisotopic (exact) mass is 665 g/mol. The van der Waals surface area contributed by atoms with E-state index in [2.05, 4.69) is 25.9 Å². The maximum Gasteiger partial charge on any atom is 0.242 e. The van der Waals surface area contributed by atoms with Crippen LogP contribution in [0.2, 0.25) is 0 Å². The van der Waals surface area contributed by atoms with E-state index in [1.54, 1.807) is 0 Å². The fourth-order valence-electron chi connectivity index (χ4n) is 4.88. The molecule has 0 fully saturated rings. The first-order chi connectivity index (χ1) is 22.4. The minimum atomic E-state index is -0.705. The van der Waals surface area contributed by atoms with Crippen molar-refractivity contribution in [3.05, 3.63) is 0 Å². The molecule has 3 amide bonds. The summed E-state index contributed by atoms with van der Waals surface area (Å²) in [7, 11) is 0. The molecule has 11 N–H and O–H groups in total. The number of hydrogen-bond acceptors (Lipinski definition) is 7. The van der Waals surface area contributed by atoms with Crippen molar-refractivity contribution >= 4 is 41.2 Å². The lowest BCUT2D eigenvalue weighted by Crippen LogP contribution is -2.47. The standard InChI is InChI=1S/C33H63N9O5/c1-4-25(14-12-22-40-32(34)35)30(46)38-20-10-6-8-19-29(45)42-27(17-13-23-41-33(36)37)31(47)39-21-9-5-7-15-26(43)16-11-18-28(44)24(2)3/h24-25,27H,4-23H2,1-3H3,(H,38,46)(H,39,47)(H,42,45)(H4,34,35,40)(H4,36,37,41). The molecule has 0 saturated carbocycles. The van der Waals surface area contributed by atoms with Crippen LogP contribution in [0.3, 0.4) is 0 Å². The highest BCUT2D eigenvalue weighted by Crippen LogP contribution is 2.12. The SMILES string of the molecule is CCC(CCCN=C(N)N)C(=O)NCCCCCC(=O)NC(CCCN=C(N)N)C(=O)NCCCCCC(=O)CCCC(=O)C(C)C. The smallest absolute Gasteiger partial charge is 0.242 e. The van der Waals surface area contributed by atoms with Crippen molar-refractivity contribution in [1.82, 2.24) is 16.0 Å². The first-order valence-electron chi connectivity index (χ1n) is 17.4. The lowest BCUT2D eigenvalue weighted by Gasteiger charge is -2.18. The Morgan fingerprint density at radius 2 is 1.15 bits per heavy atom. The Morgan fingerprint density at radius 3 is 1.70 bits per heavy atom. The van der Waals surface area contributed by atoms with Gasteiger partial charge in [0, 0.05) is 63.7 Å². The van der Waals surface area contributed by atoms with Crippen molar-refractivity contribution in [2.45, 2.75) is 130 Å². The third-order valence-corrected chi connectivity index (χ3v) is 7.80. The van der Waals surface area contributed by atoms with E-state index in [1.807, 2.05) is 20.8 Å². The van der Waals surface area contributed by atoms with E-state index in [1.165, 1.54) is 0 Å². The van der Waals surface area contributed by atoms with Crippen LogP contribution in [0.15, 0.2) is 9.98 Å². The topological polar surface area (TPSA) is 250 Å². The summed E-state index contributed by atoms with van der Waals surface area (Å²) < 4.78 is 0. The molecule has 0 saturated heterocycles. The molecule has 2 unspecified atom stereocenters. The molecule has 0 spiro atoms. The largest absolute Gasteiger partial charge is 0.370 e. The molecule has 0 aromatic carbocycles. The summed E-state index contributed by atoms with van der Waals surface area (Å²) >= 11 is 0. The maximum absolute atomic E-state index is 12.9. The number of unbranched alkanes of at least 4 members (excludes halogenated alkanes) is 4. The van der Waals surface area contributed by atoms with Gasteiger partial charge in [0.25, 0.3) is 0 Å². The number of nitrogens with two attached hydrogens (primary N) is 4. The average molecular weight is 666 g/mol. The highest BCUT2D eigenvalue weighted by atomic mass is 16.2. The molecule has 0 aromatic heterocycles.